The molecule has 3 aromatic rings. The molecule has 1 amide bonds. The molecule has 3 heterocycles. The highest BCUT2D eigenvalue weighted by Gasteiger charge is 2.29. The van der Waals surface area contributed by atoms with E-state index in [1.807, 2.05) is 25.1 Å². The van der Waals surface area contributed by atoms with Gasteiger partial charge in [-0.2, -0.15) is 4.98 Å². The third kappa shape index (κ3) is 3.64. The summed E-state index contributed by atoms with van der Waals surface area (Å²) in [5.41, 5.74) is 2.10. The third-order valence-electron chi connectivity index (χ3n) is 4.49. The third-order valence-corrected chi connectivity index (χ3v) is 4.49. The number of carbonyl (C=O) groups excluding carboxylic acids is 1. The van der Waals surface area contributed by atoms with Crippen molar-refractivity contribution in [2.75, 3.05) is 32.1 Å². The molecule has 1 fully saturated rings. The van der Waals surface area contributed by atoms with Crippen LogP contribution in [-0.2, 0) is 0 Å². The second-order valence-corrected chi connectivity index (χ2v) is 6.65. The van der Waals surface area contributed by atoms with E-state index in [0.717, 1.165) is 17.8 Å². The van der Waals surface area contributed by atoms with Gasteiger partial charge in [-0.15, -0.1) is 0 Å². The summed E-state index contributed by atoms with van der Waals surface area (Å²) >= 11 is 0. The van der Waals surface area contributed by atoms with E-state index >= 15 is 0 Å². The molecule has 1 saturated heterocycles. The van der Waals surface area contributed by atoms with Gasteiger partial charge in [-0.05, 0) is 18.2 Å². The quantitative estimate of drug-likeness (QED) is 0.698. The second kappa shape index (κ2) is 7.14. The van der Waals surface area contributed by atoms with Crippen molar-refractivity contribution in [1.82, 2.24) is 24.8 Å². The fraction of sp³-hybridized carbons (Fsp3) is 0.316. The number of hydrogen-bond acceptors (Lipinski definition) is 7. The molecule has 0 spiro atoms. The van der Waals surface area contributed by atoms with Crippen LogP contribution >= 0.6 is 0 Å². The zero-order chi connectivity index (χ0) is 18.8. The minimum absolute atomic E-state index is 0.0261. The molecule has 8 nitrogen and oxygen atoms in total. The maximum atomic E-state index is 12.8. The van der Waals surface area contributed by atoms with Crippen LogP contribution in [-0.4, -0.2) is 64.0 Å². The maximum absolute atomic E-state index is 12.8. The predicted molar refractivity (Wildman–Crippen MR) is 101 cm³/mol. The van der Waals surface area contributed by atoms with Gasteiger partial charge in [0.05, 0.1) is 30.0 Å². The molecular formula is C19H20N6O2. The molecule has 0 unspecified atom stereocenters. The summed E-state index contributed by atoms with van der Waals surface area (Å²) in [4.78, 5) is 33.6. The number of nitrogens with zero attached hydrogens (tertiary/aromatic N) is 6. The van der Waals surface area contributed by atoms with Crippen LogP contribution in [0.25, 0.3) is 11.0 Å². The number of benzene rings is 1. The van der Waals surface area contributed by atoms with Crippen molar-refractivity contribution in [1.29, 1.82) is 0 Å². The van der Waals surface area contributed by atoms with Crippen LogP contribution in [0.2, 0.25) is 0 Å². The Kier molecular flexibility index (Phi) is 4.53. The molecule has 0 bridgehead atoms. The molecule has 1 aromatic carbocycles. The molecule has 0 radical (unpaired) electrons. The minimum atomic E-state index is -0.0964. The first-order valence-electron chi connectivity index (χ1n) is 8.76. The lowest BCUT2D eigenvalue weighted by Gasteiger charge is -2.18. The Morgan fingerprint density at radius 3 is 2.81 bits per heavy atom. The van der Waals surface area contributed by atoms with Crippen molar-refractivity contribution in [2.45, 2.75) is 12.5 Å². The molecule has 138 valence electrons. The fourth-order valence-corrected chi connectivity index (χ4v) is 3.07. The van der Waals surface area contributed by atoms with Crippen molar-refractivity contribution < 1.29 is 9.53 Å². The molecule has 1 atom stereocenters. The van der Waals surface area contributed by atoms with E-state index in [9.17, 15) is 4.79 Å². The molecule has 0 N–H and O–H groups in total. The minimum Gasteiger partial charge on any atom is -0.471 e. The number of aromatic nitrogens is 4. The molecule has 27 heavy (non-hydrogen) atoms. The van der Waals surface area contributed by atoms with Crippen molar-refractivity contribution in [2.24, 2.45) is 0 Å². The summed E-state index contributed by atoms with van der Waals surface area (Å²) in [5, 5.41) is 0. The van der Waals surface area contributed by atoms with E-state index in [4.69, 9.17) is 4.74 Å². The van der Waals surface area contributed by atoms with Gasteiger partial charge in [-0.1, -0.05) is 0 Å². The highest BCUT2D eigenvalue weighted by molar-refractivity contribution is 5.97. The van der Waals surface area contributed by atoms with Crippen molar-refractivity contribution >= 4 is 22.8 Å². The highest BCUT2D eigenvalue weighted by atomic mass is 16.5. The van der Waals surface area contributed by atoms with Gasteiger partial charge >= 0.3 is 0 Å². The molecule has 2 aromatic heterocycles. The Morgan fingerprint density at radius 2 is 2.00 bits per heavy atom. The van der Waals surface area contributed by atoms with Crippen LogP contribution in [0.4, 0.5) is 5.82 Å². The molecule has 4 rings (SSSR count). The van der Waals surface area contributed by atoms with E-state index in [0.29, 0.717) is 30.0 Å². The highest BCUT2D eigenvalue weighted by Crippen LogP contribution is 2.20. The summed E-state index contributed by atoms with van der Waals surface area (Å²) in [5.74, 6) is 1.18. The van der Waals surface area contributed by atoms with E-state index in [1.54, 1.807) is 41.8 Å². The second-order valence-electron chi connectivity index (χ2n) is 6.65. The van der Waals surface area contributed by atoms with E-state index in [2.05, 4.69) is 19.9 Å². The number of rotatable bonds is 4. The van der Waals surface area contributed by atoms with E-state index in [1.165, 1.54) is 0 Å². The first-order valence-corrected chi connectivity index (χ1v) is 8.76. The number of ether oxygens (including phenoxy) is 1. The van der Waals surface area contributed by atoms with Gasteiger partial charge in [0.2, 0.25) is 5.88 Å². The fourth-order valence-electron chi connectivity index (χ4n) is 3.07. The normalized spacial score (nSPS) is 16.5. The van der Waals surface area contributed by atoms with Crippen molar-refractivity contribution in [3.63, 3.8) is 0 Å². The number of carbonyl (C=O) groups is 1. The monoisotopic (exact) mass is 364 g/mol. The van der Waals surface area contributed by atoms with Crippen LogP contribution in [0.5, 0.6) is 5.88 Å². The van der Waals surface area contributed by atoms with Crippen LogP contribution < -0.4 is 9.64 Å². The molecule has 0 saturated carbocycles. The van der Waals surface area contributed by atoms with Crippen LogP contribution in [0.1, 0.15) is 16.8 Å². The topological polar surface area (TPSA) is 84.3 Å². The zero-order valence-corrected chi connectivity index (χ0v) is 15.2. The van der Waals surface area contributed by atoms with Gasteiger partial charge in [0.25, 0.3) is 5.91 Å². The zero-order valence-electron chi connectivity index (χ0n) is 15.2. The van der Waals surface area contributed by atoms with Gasteiger partial charge in [0, 0.05) is 45.0 Å². The number of likely N-dealkylation sites (tertiary alicyclic amines) is 1. The van der Waals surface area contributed by atoms with Gasteiger partial charge in [-0.3, -0.25) is 19.7 Å². The average Bonchev–Trinajstić information content (AvgIpc) is 3.15. The van der Waals surface area contributed by atoms with Gasteiger partial charge < -0.3 is 14.5 Å². The Bertz CT molecular complexity index is 977. The number of amides is 1. The number of hydrogen-bond donors (Lipinski definition) is 0. The lowest BCUT2D eigenvalue weighted by atomic mass is 10.1. The number of anilines is 1. The summed E-state index contributed by atoms with van der Waals surface area (Å²) in [7, 11) is 3.80. The standard InChI is InChI=1S/C19H20N6O2/c1-24(2)17-10-20-11-18(23-17)27-14-5-8-25(12-14)19(26)13-3-4-15-16(9-13)22-7-6-21-15/h3-4,6-7,9-11,14H,5,8,12H2,1-2H3/t14-/m1/s1. The van der Waals surface area contributed by atoms with E-state index < -0.39 is 0 Å². The van der Waals surface area contributed by atoms with Crippen LogP contribution in [0.15, 0.2) is 43.0 Å². The Balaban J connectivity index is 1.44. The summed E-state index contributed by atoms with van der Waals surface area (Å²) in [6, 6.07) is 5.40. The van der Waals surface area contributed by atoms with Gasteiger partial charge in [0.15, 0.2) is 5.82 Å². The Morgan fingerprint density at radius 1 is 1.19 bits per heavy atom. The molecular weight excluding hydrogens is 344 g/mol. The SMILES string of the molecule is CN(C)c1cncc(O[C@@H]2CCN(C(=O)c3ccc4nccnc4c3)C2)n1. The summed E-state index contributed by atoms with van der Waals surface area (Å²) in [6.07, 6.45) is 7.20. The maximum Gasteiger partial charge on any atom is 0.254 e. The van der Waals surface area contributed by atoms with E-state index in [-0.39, 0.29) is 12.0 Å². The van der Waals surface area contributed by atoms with Crippen LogP contribution in [0, 0.1) is 0 Å². The lowest BCUT2D eigenvalue weighted by molar-refractivity contribution is 0.0771. The molecule has 1 aliphatic heterocycles. The van der Waals surface area contributed by atoms with Crippen molar-refractivity contribution in [3.05, 3.63) is 48.5 Å². The average molecular weight is 364 g/mol. The molecule has 8 heteroatoms. The Hall–Kier alpha value is -3.29. The first kappa shape index (κ1) is 17.1. The summed E-state index contributed by atoms with van der Waals surface area (Å²) < 4.78 is 5.94. The molecule has 1 aliphatic rings. The lowest BCUT2D eigenvalue weighted by Crippen LogP contribution is -2.31. The van der Waals surface area contributed by atoms with Gasteiger partial charge in [0.1, 0.15) is 6.10 Å². The number of fused-ring (bicyclic) bond motifs is 1. The van der Waals surface area contributed by atoms with Crippen LogP contribution in [0.3, 0.4) is 0 Å². The van der Waals surface area contributed by atoms with Crippen molar-refractivity contribution in [3.8, 4) is 5.88 Å². The predicted octanol–water partition coefficient (Wildman–Crippen LogP) is 1.78. The summed E-state index contributed by atoms with van der Waals surface area (Å²) in [6.45, 7) is 1.16. The first-order chi connectivity index (χ1) is 13.1. The largest absolute Gasteiger partial charge is 0.471 e. The smallest absolute Gasteiger partial charge is 0.254 e. The molecule has 0 aliphatic carbocycles. The van der Waals surface area contributed by atoms with Gasteiger partial charge in [-0.25, -0.2) is 0 Å². The Labute approximate surface area is 156 Å².